The maximum absolute atomic E-state index is 13.6. The highest BCUT2D eigenvalue weighted by Crippen LogP contribution is 2.47. The van der Waals surface area contributed by atoms with E-state index < -0.39 is 57.8 Å². The fourth-order valence-electron chi connectivity index (χ4n) is 6.18. The fraction of sp³-hybridized carbons (Fsp3) is 0.500. The molecule has 18 heteroatoms. The molecule has 0 radical (unpaired) electrons. The van der Waals surface area contributed by atoms with Gasteiger partial charge >= 0.3 is 22.4 Å². The smallest absolute Gasteiger partial charge is 0.390 e. The lowest BCUT2D eigenvalue weighted by Gasteiger charge is -2.42. The number of nitrogens with zero attached hydrogens (tertiary/aromatic N) is 4. The molecule has 0 saturated carbocycles. The minimum absolute atomic E-state index is 0.0117. The molecule has 1 fully saturated rings. The molecule has 1 saturated heterocycles. The van der Waals surface area contributed by atoms with E-state index in [4.69, 9.17) is 20.0 Å². The second-order valence-electron chi connectivity index (χ2n) is 13.9. The van der Waals surface area contributed by atoms with Gasteiger partial charge in [-0.15, -0.1) is 0 Å². The summed E-state index contributed by atoms with van der Waals surface area (Å²) in [6, 6.07) is 1.65. The SMILES string of the molecule is C=C(C)[C@@H]1CCC(C)=C[C@H]1c1c(O)cc(CCCCC)cc1OC(=NC)OC1[C@H](NC(=O)/C(=N\OC(C)(C)C(=O)O)C2=CCC(N)=N2)C(=O)N1S(=O)(=O)O. The summed E-state index contributed by atoms with van der Waals surface area (Å²) in [6.07, 6.45) is 6.08. The number of amidine groups is 1. The molecule has 2 aliphatic heterocycles. The summed E-state index contributed by atoms with van der Waals surface area (Å²) >= 11 is 0. The Balaban J connectivity index is 1.70. The maximum atomic E-state index is 13.6. The number of benzene rings is 1. The average molecular weight is 773 g/mol. The Morgan fingerprint density at radius 3 is 2.52 bits per heavy atom. The number of aliphatic carboxylic acids is 1. The first kappa shape index (κ1) is 41.5. The van der Waals surface area contributed by atoms with Gasteiger partial charge in [0.15, 0.2) is 11.8 Å². The number of aromatic hydroxyl groups is 1. The van der Waals surface area contributed by atoms with Crippen LogP contribution in [0.1, 0.15) is 90.2 Å². The summed E-state index contributed by atoms with van der Waals surface area (Å²) in [5.41, 5.74) is 6.37. The van der Waals surface area contributed by atoms with Crippen LogP contribution in [0.4, 0.5) is 0 Å². The molecule has 54 heavy (non-hydrogen) atoms. The molecule has 0 aromatic heterocycles. The van der Waals surface area contributed by atoms with Crippen molar-refractivity contribution >= 4 is 45.7 Å². The van der Waals surface area contributed by atoms with E-state index >= 15 is 0 Å². The van der Waals surface area contributed by atoms with Crippen molar-refractivity contribution in [2.24, 2.45) is 26.8 Å². The molecule has 0 spiro atoms. The Morgan fingerprint density at radius 1 is 1.24 bits per heavy atom. The third kappa shape index (κ3) is 9.46. The number of hydrogen-bond donors (Lipinski definition) is 5. The predicted octanol–water partition coefficient (Wildman–Crippen LogP) is 3.86. The molecule has 17 nitrogen and oxygen atoms in total. The lowest BCUT2D eigenvalue weighted by atomic mass is 9.73. The molecule has 6 N–H and O–H groups in total. The quantitative estimate of drug-likeness (QED) is 0.0324. The maximum Gasteiger partial charge on any atom is 0.390 e. The molecule has 4 rings (SSSR count). The Kier molecular flexibility index (Phi) is 13.0. The minimum Gasteiger partial charge on any atom is -0.507 e. The van der Waals surface area contributed by atoms with Crippen molar-refractivity contribution in [3.8, 4) is 11.5 Å². The van der Waals surface area contributed by atoms with Crippen molar-refractivity contribution in [1.29, 1.82) is 0 Å². The standard InChI is InChI=1S/C36H48N6O11S/c1-8-9-10-11-21-17-25(43)28(23-16-20(4)12-13-22(23)19(2)3)26(18-21)51-35(38-7)52-33-30(32(45)42(33)54(48,49)50)40-31(44)29(24-14-15-27(37)39-24)41-53-36(5,6)34(46)47/h14,16-18,22-23,30,33,43H,2,8-13,15H2,1,3-7H3,(H2,37,39)(H,40,44)(H,46,47)(H,48,49,50)/b38-35?,41-29-/t22-,23+,30+,33?/m0/s1. The van der Waals surface area contributed by atoms with Crippen LogP contribution in [0.25, 0.3) is 0 Å². The zero-order valence-electron chi connectivity index (χ0n) is 31.2. The highest BCUT2D eigenvalue weighted by molar-refractivity contribution is 7.84. The van der Waals surface area contributed by atoms with Gasteiger partial charge in [-0.3, -0.25) is 14.1 Å². The van der Waals surface area contributed by atoms with E-state index in [1.165, 1.54) is 27.0 Å². The van der Waals surface area contributed by atoms with Crippen molar-refractivity contribution in [3.05, 3.63) is 58.8 Å². The number of aryl methyl sites for hydroxylation is 1. The highest BCUT2D eigenvalue weighted by Gasteiger charge is 2.57. The summed E-state index contributed by atoms with van der Waals surface area (Å²) in [6.45, 7) is 12.5. The molecular formula is C36H48N6O11S. The topological polar surface area (TPSA) is 252 Å². The van der Waals surface area contributed by atoms with Gasteiger partial charge in [-0.25, -0.2) is 14.8 Å². The number of oxime groups is 1. The Labute approximate surface area is 314 Å². The molecular weight excluding hydrogens is 724 g/mol. The number of nitrogens with one attached hydrogen (secondary N) is 1. The highest BCUT2D eigenvalue weighted by atomic mass is 32.2. The van der Waals surface area contributed by atoms with Gasteiger partial charge in [0.25, 0.3) is 11.8 Å². The molecule has 2 heterocycles. The van der Waals surface area contributed by atoms with Crippen molar-refractivity contribution in [2.75, 3.05) is 7.05 Å². The molecule has 2 amide bonds. The molecule has 1 aliphatic carbocycles. The number of allylic oxidation sites excluding steroid dienone is 3. The summed E-state index contributed by atoms with van der Waals surface area (Å²) in [5, 5.41) is 26.9. The van der Waals surface area contributed by atoms with Gasteiger partial charge in [-0.05, 0) is 83.1 Å². The first-order valence-electron chi connectivity index (χ1n) is 17.4. The summed E-state index contributed by atoms with van der Waals surface area (Å²) in [4.78, 5) is 51.5. The zero-order chi connectivity index (χ0) is 40.1. The fourth-order valence-corrected chi connectivity index (χ4v) is 6.95. The number of carbonyl (C=O) groups is 3. The number of carboxylic acid groups (broad SMARTS) is 1. The van der Waals surface area contributed by atoms with Gasteiger partial charge < -0.3 is 35.6 Å². The summed E-state index contributed by atoms with van der Waals surface area (Å²) in [5.74, 6) is -4.01. The van der Waals surface area contributed by atoms with Crippen LogP contribution in [-0.2, 0) is 40.7 Å². The molecule has 0 bridgehead atoms. The predicted molar refractivity (Wildman–Crippen MR) is 199 cm³/mol. The van der Waals surface area contributed by atoms with Gasteiger partial charge in [0.05, 0.1) is 5.70 Å². The third-order valence-electron chi connectivity index (χ3n) is 9.21. The number of β-lactam (4-membered cyclic amide) rings is 1. The van der Waals surface area contributed by atoms with E-state index in [1.54, 1.807) is 12.1 Å². The Hall–Kier alpha value is -5.23. The van der Waals surface area contributed by atoms with E-state index in [2.05, 4.69) is 34.0 Å². The van der Waals surface area contributed by atoms with Crippen LogP contribution in [0.3, 0.4) is 0 Å². The number of carboxylic acids is 1. The number of nitrogens with two attached hydrogens (primary N) is 1. The van der Waals surface area contributed by atoms with E-state index in [9.17, 15) is 37.6 Å². The number of phenolic OH excluding ortho intramolecular Hbond substituents is 1. The number of ether oxygens (including phenoxy) is 2. The van der Waals surface area contributed by atoms with Crippen LogP contribution >= 0.6 is 0 Å². The number of rotatable bonds is 15. The van der Waals surface area contributed by atoms with Crippen LogP contribution < -0.4 is 15.8 Å². The third-order valence-corrected chi connectivity index (χ3v) is 10.1. The second-order valence-corrected chi connectivity index (χ2v) is 15.2. The molecule has 1 aromatic carbocycles. The Morgan fingerprint density at radius 2 is 1.94 bits per heavy atom. The lowest BCUT2D eigenvalue weighted by molar-refractivity contribution is -0.161. The largest absolute Gasteiger partial charge is 0.507 e. The van der Waals surface area contributed by atoms with Crippen LogP contribution in [-0.4, -0.2) is 87.8 Å². The summed E-state index contributed by atoms with van der Waals surface area (Å²) < 4.78 is 46.6. The average Bonchev–Trinajstić information content (AvgIpc) is 3.51. The molecule has 294 valence electrons. The van der Waals surface area contributed by atoms with E-state index in [-0.39, 0.29) is 45.6 Å². The van der Waals surface area contributed by atoms with Crippen molar-refractivity contribution in [2.45, 2.75) is 103 Å². The van der Waals surface area contributed by atoms with E-state index in [1.807, 2.05) is 19.9 Å². The van der Waals surface area contributed by atoms with Crippen molar-refractivity contribution in [1.82, 2.24) is 9.62 Å². The first-order chi connectivity index (χ1) is 25.3. The zero-order valence-corrected chi connectivity index (χ0v) is 32.0. The van der Waals surface area contributed by atoms with Crippen LogP contribution in [0.15, 0.2) is 62.8 Å². The first-order valence-corrected chi connectivity index (χ1v) is 18.8. The van der Waals surface area contributed by atoms with Crippen molar-refractivity contribution < 1.29 is 51.9 Å². The van der Waals surface area contributed by atoms with E-state index in [0.29, 0.717) is 12.0 Å². The van der Waals surface area contributed by atoms with Gasteiger partial charge in [-0.1, -0.05) is 48.7 Å². The number of carbonyl (C=O) groups excluding carboxylic acids is 2. The summed E-state index contributed by atoms with van der Waals surface area (Å²) in [7, 11) is -3.97. The molecule has 1 aromatic rings. The van der Waals surface area contributed by atoms with Crippen LogP contribution in [0, 0.1) is 5.92 Å². The number of phenols is 1. The van der Waals surface area contributed by atoms with Gasteiger partial charge in [0, 0.05) is 24.9 Å². The second kappa shape index (κ2) is 16.8. The number of unbranched alkanes of at least 4 members (excludes halogenated alkanes) is 2. The Bertz CT molecular complexity index is 1950. The molecule has 3 aliphatic rings. The van der Waals surface area contributed by atoms with Gasteiger partial charge in [0.1, 0.15) is 17.3 Å². The van der Waals surface area contributed by atoms with Crippen LogP contribution in [0.2, 0.25) is 0 Å². The normalized spacial score (nSPS) is 22.1. The van der Waals surface area contributed by atoms with Gasteiger partial charge in [0.2, 0.25) is 11.8 Å². The molecule has 1 unspecified atom stereocenters. The number of aliphatic imine (C=N–C) groups is 2. The van der Waals surface area contributed by atoms with E-state index in [0.717, 1.165) is 48.8 Å². The minimum atomic E-state index is -5.25. The molecule has 4 atom stereocenters. The number of amides is 2. The van der Waals surface area contributed by atoms with Gasteiger partial charge in [-0.2, -0.15) is 12.7 Å². The number of hydrogen-bond acceptors (Lipinski definition) is 13. The van der Waals surface area contributed by atoms with Crippen LogP contribution in [0.5, 0.6) is 11.5 Å². The van der Waals surface area contributed by atoms with Crippen molar-refractivity contribution in [3.63, 3.8) is 0 Å². The monoisotopic (exact) mass is 772 g/mol. The lowest BCUT2D eigenvalue weighted by Crippen LogP contribution is -2.73.